The van der Waals surface area contributed by atoms with E-state index in [0.29, 0.717) is 12.5 Å². The van der Waals surface area contributed by atoms with Gasteiger partial charge in [0, 0.05) is 19.8 Å². The highest BCUT2D eigenvalue weighted by atomic mass is 16.3. The van der Waals surface area contributed by atoms with Gasteiger partial charge >= 0.3 is 0 Å². The van der Waals surface area contributed by atoms with E-state index in [-0.39, 0.29) is 6.10 Å². The van der Waals surface area contributed by atoms with Gasteiger partial charge in [-0.15, -0.1) is 0 Å². The molecule has 1 unspecified atom stereocenters. The molecule has 84 valence electrons. The normalized spacial score (nSPS) is 12.2. The minimum absolute atomic E-state index is 0.317. The quantitative estimate of drug-likeness (QED) is 0.655. The lowest BCUT2D eigenvalue weighted by Crippen LogP contribution is -2.19. The third-order valence-electron chi connectivity index (χ3n) is 2.02. The van der Waals surface area contributed by atoms with Crippen molar-refractivity contribution in [3.05, 3.63) is 12.3 Å². The molecule has 0 bridgehead atoms. The number of aliphatic hydroxyl groups excluding tert-OH is 1. The first kappa shape index (κ1) is 11.7. The standard InChI is InChI=1S/C10H18N4O/c1-3-4-8(15)7-13-9-5-6-12-10(11-2)14-9/h5-6,8,15H,3-4,7H2,1-2H3,(H2,11,12,13,14). The average molecular weight is 210 g/mol. The largest absolute Gasteiger partial charge is 0.391 e. The molecule has 3 N–H and O–H groups in total. The average Bonchev–Trinajstić information content (AvgIpc) is 2.27. The highest BCUT2D eigenvalue weighted by Gasteiger charge is 2.03. The molecule has 1 heterocycles. The summed E-state index contributed by atoms with van der Waals surface area (Å²) in [5.74, 6) is 1.30. The molecule has 1 aromatic heterocycles. The molecule has 5 heteroatoms. The van der Waals surface area contributed by atoms with E-state index < -0.39 is 0 Å². The van der Waals surface area contributed by atoms with Crippen LogP contribution in [0.3, 0.4) is 0 Å². The molecular formula is C10H18N4O. The van der Waals surface area contributed by atoms with Crippen LogP contribution >= 0.6 is 0 Å². The van der Waals surface area contributed by atoms with Gasteiger partial charge in [0.15, 0.2) is 0 Å². The summed E-state index contributed by atoms with van der Waals surface area (Å²) in [6.07, 6.45) is 3.14. The molecule has 5 nitrogen and oxygen atoms in total. The van der Waals surface area contributed by atoms with Gasteiger partial charge in [-0.2, -0.15) is 4.98 Å². The lowest BCUT2D eigenvalue weighted by Gasteiger charge is -2.11. The highest BCUT2D eigenvalue weighted by molar-refractivity contribution is 5.39. The summed E-state index contributed by atoms with van der Waals surface area (Å²) >= 11 is 0. The van der Waals surface area contributed by atoms with E-state index in [1.54, 1.807) is 19.3 Å². The molecule has 0 saturated carbocycles. The Balaban J connectivity index is 2.43. The molecule has 1 rings (SSSR count). The van der Waals surface area contributed by atoms with E-state index in [2.05, 4.69) is 20.6 Å². The van der Waals surface area contributed by atoms with E-state index in [0.717, 1.165) is 18.7 Å². The lowest BCUT2D eigenvalue weighted by molar-refractivity contribution is 0.176. The molecular weight excluding hydrogens is 192 g/mol. The zero-order valence-electron chi connectivity index (χ0n) is 9.20. The third kappa shape index (κ3) is 4.12. The maximum Gasteiger partial charge on any atom is 0.224 e. The smallest absolute Gasteiger partial charge is 0.224 e. The zero-order chi connectivity index (χ0) is 11.1. The molecule has 1 aromatic rings. The fraction of sp³-hybridized carbons (Fsp3) is 0.600. The van der Waals surface area contributed by atoms with E-state index in [1.165, 1.54) is 0 Å². The van der Waals surface area contributed by atoms with Crippen LogP contribution in [0.25, 0.3) is 0 Å². The molecule has 0 spiro atoms. The highest BCUT2D eigenvalue weighted by Crippen LogP contribution is 2.05. The molecule has 0 aliphatic carbocycles. The van der Waals surface area contributed by atoms with Gasteiger partial charge in [-0.25, -0.2) is 4.98 Å². The van der Waals surface area contributed by atoms with Gasteiger partial charge in [-0.1, -0.05) is 13.3 Å². The van der Waals surface area contributed by atoms with Crippen molar-refractivity contribution in [3.8, 4) is 0 Å². The van der Waals surface area contributed by atoms with Crippen molar-refractivity contribution in [1.29, 1.82) is 0 Å². The summed E-state index contributed by atoms with van der Waals surface area (Å²) in [4.78, 5) is 8.18. The van der Waals surface area contributed by atoms with Crippen molar-refractivity contribution in [2.45, 2.75) is 25.9 Å². The van der Waals surface area contributed by atoms with Crippen LogP contribution in [0.1, 0.15) is 19.8 Å². The van der Waals surface area contributed by atoms with E-state index in [1.807, 2.05) is 6.92 Å². The van der Waals surface area contributed by atoms with Crippen LogP contribution in [0.15, 0.2) is 12.3 Å². The Hall–Kier alpha value is -1.36. The van der Waals surface area contributed by atoms with E-state index >= 15 is 0 Å². The first-order chi connectivity index (χ1) is 7.26. The number of rotatable bonds is 6. The minimum atomic E-state index is -0.317. The van der Waals surface area contributed by atoms with Crippen LogP contribution in [-0.2, 0) is 0 Å². The predicted octanol–water partition coefficient (Wildman–Crippen LogP) is 1.09. The molecule has 15 heavy (non-hydrogen) atoms. The molecule has 0 aliphatic rings. The van der Waals surface area contributed by atoms with Crippen LogP contribution in [0.5, 0.6) is 0 Å². The van der Waals surface area contributed by atoms with Crippen LogP contribution in [0, 0.1) is 0 Å². The first-order valence-corrected chi connectivity index (χ1v) is 5.19. The number of hydrogen-bond acceptors (Lipinski definition) is 5. The van der Waals surface area contributed by atoms with Crippen molar-refractivity contribution < 1.29 is 5.11 Å². The number of hydrogen-bond donors (Lipinski definition) is 3. The minimum Gasteiger partial charge on any atom is -0.391 e. The first-order valence-electron chi connectivity index (χ1n) is 5.19. The second-order valence-corrected chi connectivity index (χ2v) is 3.34. The third-order valence-corrected chi connectivity index (χ3v) is 2.02. The Morgan fingerprint density at radius 1 is 1.53 bits per heavy atom. The van der Waals surface area contributed by atoms with Crippen molar-refractivity contribution in [1.82, 2.24) is 9.97 Å². The number of aliphatic hydroxyl groups is 1. The maximum atomic E-state index is 9.52. The molecule has 0 fully saturated rings. The second kappa shape index (κ2) is 6.19. The Morgan fingerprint density at radius 2 is 2.33 bits per heavy atom. The molecule has 0 saturated heterocycles. The van der Waals surface area contributed by atoms with Gasteiger partial charge in [0.2, 0.25) is 5.95 Å². The predicted molar refractivity (Wildman–Crippen MR) is 61.0 cm³/mol. The van der Waals surface area contributed by atoms with Crippen molar-refractivity contribution >= 4 is 11.8 Å². The number of anilines is 2. The molecule has 1 atom stereocenters. The summed E-state index contributed by atoms with van der Waals surface area (Å²) in [5, 5.41) is 15.4. The summed E-state index contributed by atoms with van der Waals surface area (Å²) in [7, 11) is 1.77. The Kier molecular flexibility index (Phi) is 4.83. The topological polar surface area (TPSA) is 70.1 Å². The maximum absolute atomic E-state index is 9.52. The van der Waals surface area contributed by atoms with Crippen LogP contribution < -0.4 is 10.6 Å². The Labute approximate surface area is 90.0 Å². The number of aromatic nitrogens is 2. The van der Waals surface area contributed by atoms with Crippen LogP contribution in [0.4, 0.5) is 11.8 Å². The molecule has 0 radical (unpaired) electrons. The molecule has 0 aliphatic heterocycles. The van der Waals surface area contributed by atoms with Gasteiger partial charge in [-0.05, 0) is 12.5 Å². The van der Waals surface area contributed by atoms with Crippen molar-refractivity contribution in [2.24, 2.45) is 0 Å². The van der Waals surface area contributed by atoms with E-state index in [9.17, 15) is 5.11 Å². The van der Waals surface area contributed by atoms with Crippen molar-refractivity contribution in [3.63, 3.8) is 0 Å². The van der Waals surface area contributed by atoms with Gasteiger partial charge in [-0.3, -0.25) is 0 Å². The van der Waals surface area contributed by atoms with Gasteiger partial charge in [0.05, 0.1) is 6.10 Å². The van der Waals surface area contributed by atoms with Crippen molar-refractivity contribution in [2.75, 3.05) is 24.2 Å². The summed E-state index contributed by atoms with van der Waals surface area (Å²) in [6.45, 7) is 2.57. The Bertz CT molecular complexity index is 293. The molecule has 0 amide bonds. The fourth-order valence-corrected chi connectivity index (χ4v) is 1.24. The van der Waals surface area contributed by atoms with Gasteiger partial charge < -0.3 is 15.7 Å². The summed E-state index contributed by atoms with van der Waals surface area (Å²) < 4.78 is 0. The lowest BCUT2D eigenvalue weighted by atomic mass is 10.2. The SMILES string of the molecule is CCCC(O)CNc1ccnc(NC)n1. The Morgan fingerprint density at radius 3 is 3.00 bits per heavy atom. The summed E-state index contributed by atoms with van der Waals surface area (Å²) in [6, 6.07) is 1.78. The number of nitrogens with zero attached hydrogens (tertiary/aromatic N) is 2. The monoisotopic (exact) mass is 210 g/mol. The van der Waals surface area contributed by atoms with E-state index in [4.69, 9.17) is 0 Å². The van der Waals surface area contributed by atoms with Gasteiger partial charge in [0.25, 0.3) is 0 Å². The van der Waals surface area contributed by atoms with Crippen LogP contribution in [0.2, 0.25) is 0 Å². The number of nitrogens with one attached hydrogen (secondary N) is 2. The second-order valence-electron chi connectivity index (χ2n) is 3.34. The molecule has 0 aromatic carbocycles. The van der Waals surface area contributed by atoms with Gasteiger partial charge in [0.1, 0.15) is 5.82 Å². The van der Waals surface area contributed by atoms with Crippen LogP contribution in [-0.4, -0.2) is 34.8 Å². The fourth-order valence-electron chi connectivity index (χ4n) is 1.24. The summed E-state index contributed by atoms with van der Waals surface area (Å²) in [5.41, 5.74) is 0. The zero-order valence-corrected chi connectivity index (χ0v) is 9.20.